The van der Waals surface area contributed by atoms with Gasteiger partial charge in [-0.15, -0.1) is 0 Å². The summed E-state index contributed by atoms with van der Waals surface area (Å²) in [6.07, 6.45) is 0. The van der Waals surface area contributed by atoms with Gasteiger partial charge in [-0.05, 0) is 78.9 Å². The molecule has 52 heavy (non-hydrogen) atoms. The molecule has 0 aliphatic heterocycles. The van der Waals surface area contributed by atoms with Crippen molar-refractivity contribution in [2.75, 3.05) is 11.5 Å². The Labute approximate surface area is 301 Å². The van der Waals surface area contributed by atoms with Crippen molar-refractivity contribution in [3.63, 3.8) is 0 Å². The summed E-state index contributed by atoms with van der Waals surface area (Å²) < 4.78 is 13.0. The predicted molar refractivity (Wildman–Crippen MR) is 206 cm³/mol. The molecule has 0 aliphatic rings. The van der Waals surface area contributed by atoms with Crippen molar-refractivity contribution < 1.29 is 19.7 Å². The molecule has 0 radical (unpaired) electrons. The van der Waals surface area contributed by atoms with Gasteiger partial charge < -0.3 is 31.2 Å². The number of fused-ring (bicyclic) bond motifs is 1. The van der Waals surface area contributed by atoms with E-state index in [0.29, 0.717) is 39.7 Å². The lowest BCUT2D eigenvalue weighted by molar-refractivity contribution is 0.465. The van der Waals surface area contributed by atoms with Gasteiger partial charge in [-0.25, -0.2) is 0 Å². The maximum atomic E-state index is 10.1. The van der Waals surface area contributed by atoms with E-state index in [4.69, 9.17) is 20.9 Å². The third-order valence-electron chi connectivity index (χ3n) is 8.01. The smallest absolute Gasteiger partial charge is 0.159 e. The number of anilines is 2. The number of benzene rings is 7. The molecule has 0 amide bonds. The molecule has 7 aromatic rings. The van der Waals surface area contributed by atoms with Crippen LogP contribution in [0.2, 0.25) is 0 Å². The highest BCUT2D eigenvalue weighted by Crippen LogP contribution is 2.41. The second-order valence-electron chi connectivity index (χ2n) is 11.7. The van der Waals surface area contributed by atoms with Gasteiger partial charge in [-0.3, -0.25) is 0 Å². The molecular weight excluding hydrogens is 645 g/mol. The lowest BCUT2D eigenvalue weighted by Crippen LogP contribution is -1.98. The van der Waals surface area contributed by atoms with Gasteiger partial charge in [0.25, 0.3) is 0 Å². The number of phenols is 2. The summed E-state index contributed by atoms with van der Waals surface area (Å²) in [7, 11) is 0. The minimum absolute atomic E-state index is 0.0406. The van der Waals surface area contributed by atoms with Crippen LogP contribution in [0, 0.1) is 35.5 Å². The molecule has 0 aromatic heterocycles. The molecule has 0 heterocycles. The zero-order chi connectivity index (χ0) is 35.9. The fraction of sp³-hybridized carbons (Fsp3) is 0. The number of ether oxygens (including phenoxy) is 2. The van der Waals surface area contributed by atoms with Crippen molar-refractivity contribution in [1.29, 1.82) is 0 Å². The normalized spacial score (nSPS) is 10.2. The Bertz CT molecular complexity index is 2620. The van der Waals surface area contributed by atoms with Gasteiger partial charge in [-0.2, -0.15) is 0 Å². The summed E-state index contributed by atoms with van der Waals surface area (Å²) in [5.41, 5.74) is 16.6. The number of nitrogens with two attached hydrogens (primary N) is 2. The summed E-state index contributed by atoms with van der Waals surface area (Å²) in [5.74, 6) is 21.5. The van der Waals surface area contributed by atoms with Gasteiger partial charge in [0.2, 0.25) is 0 Å². The van der Waals surface area contributed by atoms with Crippen molar-refractivity contribution in [2.24, 2.45) is 0 Å². The molecule has 0 saturated heterocycles. The molecule has 6 heteroatoms. The Balaban J connectivity index is 1.53. The van der Waals surface area contributed by atoms with E-state index in [1.54, 1.807) is 24.3 Å². The summed E-state index contributed by atoms with van der Waals surface area (Å²) in [6, 6.07) is 44.0. The number of hydrogen-bond acceptors (Lipinski definition) is 6. The number of nitrogen functional groups attached to an aromatic ring is 2. The first-order chi connectivity index (χ1) is 25.4. The zero-order valence-corrected chi connectivity index (χ0v) is 27.7. The van der Waals surface area contributed by atoms with Crippen LogP contribution in [0.15, 0.2) is 146 Å². The van der Waals surface area contributed by atoms with Crippen LogP contribution in [0.4, 0.5) is 11.4 Å². The van der Waals surface area contributed by atoms with E-state index in [1.807, 2.05) is 109 Å². The number of phenolic OH excluding ortho intramolecular Hbond substituents is 2. The van der Waals surface area contributed by atoms with Crippen LogP contribution in [0.25, 0.3) is 10.8 Å². The highest BCUT2D eigenvalue weighted by molar-refractivity contribution is 5.98. The molecular formula is C46H30N2O4. The van der Waals surface area contributed by atoms with Crippen molar-refractivity contribution >= 4 is 22.1 Å². The van der Waals surface area contributed by atoms with Gasteiger partial charge in [0.05, 0.1) is 28.1 Å². The molecule has 0 atom stereocenters. The van der Waals surface area contributed by atoms with Crippen LogP contribution in [-0.2, 0) is 0 Å². The molecule has 7 rings (SSSR count). The first-order valence-electron chi connectivity index (χ1n) is 16.3. The molecule has 248 valence electrons. The highest BCUT2D eigenvalue weighted by Gasteiger charge is 2.19. The molecule has 0 saturated carbocycles. The second kappa shape index (κ2) is 14.8. The van der Waals surface area contributed by atoms with Gasteiger partial charge in [-0.1, -0.05) is 90.1 Å². The molecule has 0 fully saturated rings. The van der Waals surface area contributed by atoms with Crippen molar-refractivity contribution in [2.45, 2.75) is 0 Å². The Kier molecular flexibility index (Phi) is 9.34. The van der Waals surface area contributed by atoms with E-state index in [9.17, 15) is 10.2 Å². The minimum atomic E-state index is -0.0522. The Morgan fingerprint density at radius 3 is 1.42 bits per heavy atom. The molecule has 0 bridgehead atoms. The molecule has 0 aliphatic carbocycles. The van der Waals surface area contributed by atoms with Crippen molar-refractivity contribution in [1.82, 2.24) is 0 Å². The molecule has 6 nitrogen and oxygen atoms in total. The van der Waals surface area contributed by atoms with Crippen LogP contribution < -0.4 is 20.9 Å². The highest BCUT2D eigenvalue weighted by atomic mass is 16.5. The van der Waals surface area contributed by atoms with Crippen LogP contribution >= 0.6 is 0 Å². The van der Waals surface area contributed by atoms with Gasteiger partial charge in [0, 0.05) is 39.6 Å². The first kappa shape index (κ1) is 32.8. The summed E-state index contributed by atoms with van der Waals surface area (Å²) in [5, 5.41) is 21.6. The van der Waals surface area contributed by atoms with Gasteiger partial charge in [0.1, 0.15) is 28.7 Å². The summed E-state index contributed by atoms with van der Waals surface area (Å²) >= 11 is 0. The van der Waals surface area contributed by atoms with E-state index in [0.717, 1.165) is 27.5 Å². The fourth-order valence-corrected chi connectivity index (χ4v) is 5.38. The topological polar surface area (TPSA) is 111 Å². The lowest BCUT2D eigenvalue weighted by atomic mass is 9.94. The van der Waals surface area contributed by atoms with E-state index < -0.39 is 0 Å². The average Bonchev–Trinajstić information content (AvgIpc) is 3.17. The quantitative estimate of drug-likeness (QED) is 0.0842. The van der Waals surface area contributed by atoms with Gasteiger partial charge in [0.15, 0.2) is 5.75 Å². The van der Waals surface area contributed by atoms with Crippen molar-refractivity contribution in [3.05, 3.63) is 179 Å². The molecule has 6 N–H and O–H groups in total. The van der Waals surface area contributed by atoms with E-state index in [2.05, 4.69) is 35.5 Å². The Morgan fingerprint density at radius 2 is 0.904 bits per heavy atom. The average molecular weight is 675 g/mol. The third-order valence-corrected chi connectivity index (χ3v) is 8.01. The number of aromatic hydroxyl groups is 2. The fourth-order valence-electron chi connectivity index (χ4n) is 5.38. The zero-order valence-electron chi connectivity index (χ0n) is 27.7. The molecule has 0 spiro atoms. The van der Waals surface area contributed by atoms with Crippen LogP contribution in [0.3, 0.4) is 0 Å². The van der Waals surface area contributed by atoms with Crippen LogP contribution in [0.1, 0.15) is 33.4 Å². The Hall–Kier alpha value is -7.72. The van der Waals surface area contributed by atoms with E-state index in [1.165, 1.54) is 12.1 Å². The summed E-state index contributed by atoms with van der Waals surface area (Å²) in [4.78, 5) is 0. The van der Waals surface area contributed by atoms with E-state index >= 15 is 0 Å². The monoisotopic (exact) mass is 674 g/mol. The standard InChI is InChI=1S/C46H30N2O4/c47-41-29-35(20-25-43(41)49)51-45-27-24-37-39(23-18-33-14-8-3-9-15-33)46(52-36-21-26-44(50)42(48)30-36)34(19-16-31-10-4-1-5-11-31)28-40(37)38(45)22-17-32-12-6-2-7-13-32/h1-15,20-21,24-30,49-50H,47-48H2. The SMILES string of the molecule is Nc1cc(Oc2ccc3c(C#Cc4ccccc4)c(Oc4ccc(O)c(N)c4)c(C#Cc4ccccc4)cc3c2C#Cc2ccccc2)ccc1O. The lowest BCUT2D eigenvalue weighted by Gasteiger charge is -2.17. The molecule has 7 aromatic carbocycles. The second-order valence-corrected chi connectivity index (χ2v) is 11.7. The largest absolute Gasteiger partial charge is 0.506 e. The van der Waals surface area contributed by atoms with Crippen LogP contribution in [-0.4, -0.2) is 10.2 Å². The summed E-state index contributed by atoms with van der Waals surface area (Å²) in [6.45, 7) is 0. The maximum Gasteiger partial charge on any atom is 0.159 e. The predicted octanol–water partition coefficient (Wildman–Crippen LogP) is 9.20. The first-order valence-corrected chi connectivity index (χ1v) is 16.3. The van der Waals surface area contributed by atoms with Gasteiger partial charge >= 0.3 is 0 Å². The van der Waals surface area contributed by atoms with E-state index in [-0.39, 0.29) is 22.9 Å². The number of hydrogen-bond donors (Lipinski definition) is 4. The maximum absolute atomic E-state index is 10.1. The van der Waals surface area contributed by atoms with Crippen molar-refractivity contribution in [3.8, 4) is 70.0 Å². The third kappa shape index (κ3) is 7.46. The number of rotatable bonds is 4. The molecule has 0 unspecified atom stereocenters. The minimum Gasteiger partial charge on any atom is -0.506 e. The Morgan fingerprint density at radius 1 is 0.423 bits per heavy atom. The van der Waals surface area contributed by atoms with Crippen LogP contribution in [0.5, 0.6) is 34.5 Å².